The second-order valence-electron chi connectivity index (χ2n) is 7.64. The van der Waals surface area contributed by atoms with Crippen LogP contribution in [0.2, 0.25) is 10.0 Å². The molecule has 0 atom stereocenters. The summed E-state index contributed by atoms with van der Waals surface area (Å²) in [5.41, 5.74) is 0.191. The molecule has 0 unspecified atom stereocenters. The molecule has 0 aliphatic carbocycles. The van der Waals surface area contributed by atoms with Gasteiger partial charge in [-0.2, -0.15) is 0 Å². The van der Waals surface area contributed by atoms with Crippen LogP contribution < -0.4 is 10.6 Å². The van der Waals surface area contributed by atoms with E-state index >= 15 is 0 Å². The Kier molecular flexibility index (Phi) is 8.07. The zero-order valence-corrected chi connectivity index (χ0v) is 17.2. The van der Waals surface area contributed by atoms with Crippen LogP contribution in [0.25, 0.3) is 0 Å². The smallest absolute Gasteiger partial charge is 0.328 e. The van der Waals surface area contributed by atoms with E-state index in [0.717, 1.165) is 12.8 Å². The van der Waals surface area contributed by atoms with E-state index in [2.05, 4.69) is 43.3 Å². The summed E-state index contributed by atoms with van der Waals surface area (Å²) in [6, 6.07) is 2.06. The number of nitrogens with zero attached hydrogens (tertiary/aromatic N) is 1. The number of rotatable bonds is 4. The molecule has 0 bridgehead atoms. The van der Waals surface area contributed by atoms with Crippen LogP contribution in [0, 0.1) is 0 Å². The van der Waals surface area contributed by atoms with Crippen molar-refractivity contribution in [1.82, 2.24) is 10.3 Å². The number of carboxylic acid groups (broad SMARTS) is 2. The molecular formula is C18H25Cl2N3O4. The maximum Gasteiger partial charge on any atom is 0.328 e. The average molecular weight is 418 g/mol. The van der Waals surface area contributed by atoms with Gasteiger partial charge in [0, 0.05) is 35.5 Å². The highest BCUT2D eigenvalue weighted by Crippen LogP contribution is 2.32. The van der Waals surface area contributed by atoms with E-state index in [4.69, 9.17) is 33.4 Å². The Hall–Kier alpha value is -1.83. The van der Waals surface area contributed by atoms with Crippen molar-refractivity contribution in [2.24, 2.45) is 0 Å². The number of aromatic nitrogens is 1. The topological polar surface area (TPSA) is 112 Å². The fourth-order valence-electron chi connectivity index (χ4n) is 3.28. The first-order valence-corrected chi connectivity index (χ1v) is 9.06. The maximum absolute atomic E-state index is 9.55. The molecule has 1 aromatic heterocycles. The van der Waals surface area contributed by atoms with E-state index in [1.165, 1.54) is 0 Å². The van der Waals surface area contributed by atoms with Gasteiger partial charge >= 0.3 is 11.9 Å². The minimum Gasteiger partial charge on any atom is -0.478 e. The van der Waals surface area contributed by atoms with Crippen molar-refractivity contribution >= 4 is 41.0 Å². The molecule has 4 N–H and O–H groups in total. The van der Waals surface area contributed by atoms with Gasteiger partial charge in [-0.15, -0.1) is 0 Å². The average Bonchev–Trinajstić information content (AvgIpc) is 2.45. The third-order valence-corrected chi connectivity index (χ3v) is 4.20. The first kappa shape index (κ1) is 23.2. The van der Waals surface area contributed by atoms with E-state index in [-0.39, 0.29) is 11.1 Å². The predicted octanol–water partition coefficient (Wildman–Crippen LogP) is 3.82. The number of anilines is 1. The normalized spacial score (nSPS) is 18.4. The molecule has 1 fully saturated rings. The SMILES string of the molecule is CC1(C)CC(Nc2ncc(Cl)cc2Cl)CC(C)(C)N1.O=C(O)/C=C/C(=O)O. The number of halogens is 2. The fourth-order valence-corrected chi connectivity index (χ4v) is 3.72. The monoisotopic (exact) mass is 417 g/mol. The highest BCUT2D eigenvalue weighted by molar-refractivity contribution is 6.35. The van der Waals surface area contributed by atoms with Crippen LogP contribution >= 0.6 is 23.2 Å². The van der Waals surface area contributed by atoms with Crippen LogP contribution in [0.4, 0.5) is 5.82 Å². The number of carbonyl (C=O) groups is 2. The lowest BCUT2D eigenvalue weighted by Crippen LogP contribution is -2.60. The molecule has 7 nitrogen and oxygen atoms in total. The molecule has 1 aliphatic heterocycles. The highest BCUT2D eigenvalue weighted by Gasteiger charge is 2.37. The number of hydrogen-bond acceptors (Lipinski definition) is 5. The van der Waals surface area contributed by atoms with Gasteiger partial charge in [-0.05, 0) is 46.6 Å². The number of hydrogen-bond donors (Lipinski definition) is 4. The first-order chi connectivity index (χ1) is 12.3. The molecular weight excluding hydrogens is 393 g/mol. The first-order valence-electron chi connectivity index (χ1n) is 8.30. The molecule has 1 aliphatic rings. The van der Waals surface area contributed by atoms with E-state index in [0.29, 0.717) is 34.1 Å². The molecule has 0 saturated carbocycles. The largest absolute Gasteiger partial charge is 0.478 e. The summed E-state index contributed by atoms with van der Waals surface area (Å²) in [6.07, 6.45) is 4.78. The van der Waals surface area contributed by atoms with E-state index < -0.39 is 11.9 Å². The summed E-state index contributed by atoms with van der Waals surface area (Å²) < 4.78 is 0. The molecule has 9 heteroatoms. The Bertz CT molecular complexity index is 689. The predicted molar refractivity (Wildman–Crippen MR) is 107 cm³/mol. The molecule has 27 heavy (non-hydrogen) atoms. The molecule has 0 amide bonds. The molecule has 1 saturated heterocycles. The van der Waals surface area contributed by atoms with E-state index in [1.807, 2.05) is 0 Å². The van der Waals surface area contributed by atoms with Crippen LogP contribution in [-0.2, 0) is 9.59 Å². The summed E-state index contributed by atoms with van der Waals surface area (Å²) in [6.45, 7) is 8.89. The third kappa shape index (κ3) is 9.08. The van der Waals surface area contributed by atoms with Crippen LogP contribution in [0.1, 0.15) is 40.5 Å². The highest BCUT2D eigenvalue weighted by atomic mass is 35.5. The maximum atomic E-state index is 9.55. The Balaban J connectivity index is 0.000000387. The second kappa shape index (κ2) is 9.39. The fraction of sp³-hybridized carbons (Fsp3) is 0.500. The minimum absolute atomic E-state index is 0.0956. The van der Waals surface area contributed by atoms with Gasteiger partial charge < -0.3 is 20.8 Å². The molecule has 0 aromatic carbocycles. The second-order valence-corrected chi connectivity index (χ2v) is 8.48. The zero-order valence-electron chi connectivity index (χ0n) is 15.7. The van der Waals surface area contributed by atoms with E-state index in [9.17, 15) is 9.59 Å². The molecule has 2 heterocycles. The standard InChI is InChI=1S/C14H21Cl2N3.C4H4O4/c1-13(2)6-10(7-14(3,4)19-13)18-12-11(16)5-9(15)8-17-12;5-3(6)1-2-4(7)8/h5,8,10,19H,6-7H2,1-4H3,(H,17,18);1-2H,(H,5,6)(H,7,8)/b;2-1+. The number of piperidine rings is 1. The van der Waals surface area contributed by atoms with Gasteiger partial charge in [-0.3, -0.25) is 0 Å². The summed E-state index contributed by atoms with van der Waals surface area (Å²) in [7, 11) is 0. The van der Waals surface area contributed by atoms with Crippen LogP contribution in [0.5, 0.6) is 0 Å². The minimum atomic E-state index is -1.26. The van der Waals surface area contributed by atoms with Gasteiger partial charge in [-0.25, -0.2) is 14.6 Å². The summed E-state index contributed by atoms with van der Waals surface area (Å²) in [5, 5.41) is 23.9. The van der Waals surface area contributed by atoms with Crippen LogP contribution in [0.15, 0.2) is 24.4 Å². The van der Waals surface area contributed by atoms with Crippen molar-refractivity contribution in [3.8, 4) is 0 Å². The Morgan fingerprint density at radius 2 is 1.63 bits per heavy atom. The van der Waals surface area contributed by atoms with Gasteiger partial charge in [0.1, 0.15) is 5.82 Å². The Labute approximate surface area is 168 Å². The van der Waals surface area contributed by atoms with Gasteiger partial charge in [0.15, 0.2) is 0 Å². The van der Waals surface area contributed by atoms with E-state index in [1.54, 1.807) is 12.3 Å². The van der Waals surface area contributed by atoms with Crippen molar-refractivity contribution in [3.05, 3.63) is 34.5 Å². The Morgan fingerprint density at radius 3 is 2.04 bits per heavy atom. The number of carboxylic acids is 2. The summed E-state index contributed by atoms with van der Waals surface area (Å²) in [5.74, 6) is -1.80. The number of pyridine rings is 1. The number of nitrogens with one attached hydrogen (secondary N) is 2. The van der Waals surface area contributed by atoms with Crippen molar-refractivity contribution in [2.75, 3.05) is 5.32 Å². The lowest BCUT2D eigenvalue weighted by atomic mass is 9.79. The third-order valence-electron chi connectivity index (χ3n) is 3.71. The van der Waals surface area contributed by atoms with Crippen molar-refractivity contribution < 1.29 is 19.8 Å². The lowest BCUT2D eigenvalue weighted by Gasteiger charge is -2.46. The summed E-state index contributed by atoms with van der Waals surface area (Å²) in [4.78, 5) is 23.4. The molecule has 1 aromatic rings. The van der Waals surface area contributed by atoms with Crippen molar-refractivity contribution in [2.45, 2.75) is 57.7 Å². The van der Waals surface area contributed by atoms with Gasteiger partial charge in [-0.1, -0.05) is 23.2 Å². The molecule has 0 radical (unpaired) electrons. The van der Waals surface area contributed by atoms with Crippen molar-refractivity contribution in [3.63, 3.8) is 0 Å². The van der Waals surface area contributed by atoms with Gasteiger partial charge in [0.05, 0.1) is 10.0 Å². The quantitative estimate of drug-likeness (QED) is 0.550. The van der Waals surface area contributed by atoms with Crippen LogP contribution in [-0.4, -0.2) is 44.3 Å². The molecule has 0 spiro atoms. The summed E-state index contributed by atoms with van der Waals surface area (Å²) >= 11 is 12.0. The Morgan fingerprint density at radius 1 is 1.15 bits per heavy atom. The van der Waals surface area contributed by atoms with Crippen molar-refractivity contribution in [1.29, 1.82) is 0 Å². The zero-order chi connectivity index (χ0) is 20.8. The molecule has 2 rings (SSSR count). The van der Waals surface area contributed by atoms with Gasteiger partial charge in [0.2, 0.25) is 0 Å². The van der Waals surface area contributed by atoms with Crippen LogP contribution in [0.3, 0.4) is 0 Å². The molecule has 150 valence electrons. The lowest BCUT2D eigenvalue weighted by molar-refractivity contribution is -0.134. The van der Waals surface area contributed by atoms with Gasteiger partial charge in [0.25, 0.3) is 0 Å². The number of aliphatic carboxylic acids is 2.